The third-order valence-electron chi connectivity index (χ3n) is 6.04. The van der Waals surface area contributed by atoms with E-state index in [2.05, 4.69) is 39.5 Å². The van der Waals surface area contributed by atoms with Gasteiger partial charge < -0.3 is 10.2 Å². The minimum absolute atomic E-state index is 0.00324. The molecule has 5 rings (SSSR count). The second kappa shape index (κ2) is 5.95. The van der Waals surface area contributed by atoms with Crippen molar-refractivity contribution in [2.75, 3.05) is 19.6 Å². The van der Waals surface area contributed by atoms with Crippen molar-refractivity contribution in [1.29, 1.82) is 0 Å². The first-order valence-electron chi connectivity index (χ1n) is 9.31. The van der Waals surface area contributed by atoms with Crippen molar-refractivity contribution >= 4 is 5.91 Å². The van der Waals surface area contributed by atoms with Gasteiger partial charge in [0.05, 0.1) is 6.04 Å². The monoisotopic (exact) mass is 333 g/mol. The lowest BCUT2D eigenvalue weighted by atomic mass is 9.94. The molecule has 0 radical (unpaired) electrons. The molecule has 1 saturated carbocycles. The Labute approximate surface area is 148 Å². The van der Waals surface area contributed by atoms with E-state index in [1.54, 1.807) is 24.5 Å². The maximum absolute atomic E-state index is 12.7. The number of nitrogens with zero attached hydrogens (tertiary/aromatic N) is 2. The summed E-state index contributed by atoms with van der Waals surface area (Å²) in [7, 11) is 0. The van der Waals surface area contributed by atoms with Crippen LogP contribution in [0.2, 0.25) is 0 Å². The Morgan fingerprint density at radius 3 is 2.60 bits per heavy atom. The van der Waals surface area contributed by atoms with Crippen LogP contribution in [0.5, 0.6) is 0 Å². The summed E-state index contributed by atoms with van der Waals surface area (Å²) in [4.78, 5) is 19.3. The summed E-state index contributed by atoms with van der Waals surface area (Å²) in [6.07, 6.45) is 6.13. The smallest absolute Gasteiger partial charge is 0.251 e. The van der Waals surface area contributed by atoms with Gasteiger partial charge in [-0.3, -0.25) is 9.78 Å². The Bertz CT molecular complexity index is 787. The van der Waals surface area contributed by atoms with Gasteiger partial charge in [0.1, 0.15) is 0 Å². The van der Waals surface area contributed by atoms with Crippen LogP contribution in [0.25, 0.3) is 0 Å². The first kappa shape index (κ1) is 15.1. The summed E-state index contributed by atoms with van der Waals surface area (Å²) in [6, 6.07) is 12.3. The van der Waals surface area contributed by atoms with Gasteiger partial charge in [0, 0.05) is 49.4 Å². The summed E-state index contributed by atoms with van der Waals surface area (Å²) in [6.45, 7) is 3.47. The Balaban J connectivity index is 1.40. The van der Waals surface area contributed by atoms with Crippen molar-refractivity contribution < 1.29 is 4.79 Å². The number of rotatable bonds is 4. The van der Waals surface area contributed by atoms with Gasteiger partial charge in [-0.2, -0.15) is 0 Å². The molecular weight excluding hydrogens is 310 g/mol. The molecule has 1 amide bonds. The van der Waals surface area contributed by atoms with Crippen LogP contribution in [0.4, 0.5) is 0 Å². The number of likely N-dealkylation sites (tertiary alicyclic amines) is 1. The molecule has 1 aliphatic heterocycles. The second-order valence-corrected chi connectivity index (χ2v) is 7.75. The van der Waals surface area contributed by atoms with Crippen molar-refractivity contribution in [2.45, 2.75) is 24.8 Å². The SMILES string of the molecule is O=C(N[C@@H]1c2ccccc2[C@@H]2CN(CC3CC3)C[C@H]12)c1ccncc1. The fourth-order valence-corrected chi connectivity index (χ4v) is 4.67. The number of hydrogen-bond donors (Lipinski definition) is 1. The van der Waals surface area contributed by atoms with Crippen LogP contribution in [-0.4, -0.2) is 35.4 Å². The molecule has 1 aromatic heterocycles. The van der Waals surface area contributed by atoms with Crippen LogP contribution in [0.3, 0.4) is 0 Å². The molecule has 1 aromatic carbocycles. The van der Waals surface area contributed by atoms with Gasteiger partial charge >= 0.3 is 0 Å². The number of hydrogen-bond acceptors (Lipinski definition) is 3. The van der Waals surface area contributed by atoms with Gasteiger partial charge in [-0.05, 0) is 42.0 Å². The topological polar surface area (TPSA) is 45.2 Å². The zero-order valence-corrected chi connectivity index (χ0v) is 14.3. The van der Waals surface area contributed by atoms with E-state index < -0.39 is 0 Å². The van der Waals surface area contributed by atoms with Crippen molar-refractivity contribution in [3.05, 3.63) is 65.5 Å². The zero-order valence-electron chi connectivity index (χ0n) is 14.3. The second-order valence-electron chi connectivity index (χ2n) is 7.75. The summed E-state index contributed by atoms with van der Waals surface area (Å²) in [5, 5.41) is 3.32. The van der Waals surface area contributed by atoms with Gasteiger partial charge in [-0.25, -0.2) is 0 Å². The minimum Gasteiger partial charge on any atom is -0.345 e. The number of nitrogens with one attached hydrogen (secondary N) is 1. The normalized spacial score (nSPS) is 27.8. The molecule has 3 aliphatic rings. The van der Waals surface area contributed by atoms with Crippen LogP contribution >= 0.6 is 0 Å². The highest BCUT2D eigenvalue weighted by atomic mass is 16.1. The largest absolute Gasteiger partial charge is 0.345 e. The average Bonchev–Trinajstić information content (AvgIpc) is 3.30. The standard InChI is InChI=1S/C21H23N3O/c25-21(15-7-9-22-10-8-15)23-20-17-4-2-1-3-16(17)18-12-24(13-19(18)20)11-14-5-6-14/h1-4,7-10,14,18-20H,5-6,11-13H2,(H,23,25)/t18-,19-,20+/m0/s1. The highest BCUT2D eigenvalue weighted by Gasteiger charge is 2.47. The van der Waals surface area contributed by atoms with E-state index in [0.717, 1.165) is 19.0 Å². The van der Waals surface area contributed by atoms with Gasteiger partial charge in [-0.1, -0.05) is 24.3 Å². The molecule has 1 N–H and O–H groups in total. The maximum Gasteiger partial charge on any atom is 0.251 e. The third-order valence-corrected chi connectivity index (χ3v) is 6.04. The average molecular weight is 333 g/mol. The van der Waals surface area contributed by atoms with E-state index in [0.29, 0.717) is 17.4 Å². The molecule has 0 bridgehead atoms. The van der Waals surface area contributed by atoms with Gasteiger partial charge in [0.25, 0.3) is 5.91 Å². The van der Waals surface area contributed by atoms with E-state index in [9.17, 15) is 4.79 Å². The summed E-state index contributed by atoms with van der Waals surface area (Å²) in [5.41, 5.74) is 3.43. The summed E-state index contributed by atoms with van der Waals surface area (Å²) >= 11 is 0. The maximum atomic E-state index is 12.7. The lowest BCUT2D eigenvalue weighted by Crippen LogP contribution is -2.34. The summed E-state index contributed by atoms with van der Waals surface area (Å²) in [5.74, 6) is 1.96. The Morgan fingerprint density at radius 2 is 1.84 bits per heavy atom. The fourth-order valence-electron chi connectivity index (χ4n) is 4.67. The van der Waals surface area contributed by atoms with Crippen LogP contribution < -0.4 is 5.32 Å². The highest BCUT2D eigenvalue weighted by Crippen LogP contribution is 2.49. The summed E-state index contributed by atoms with van der Waals surface area (Å²) < 4.78 is 0. The molecule has 0 spiro atoms. The predicted octanol–water partition coefficient (Wildman–Crippen LogP) is 2.99. The molecule has 128 valence electrons. The Kier molecular flexibility index (Phi) is 3.59. The molecule has 4 heteroatoms. The molecular formula is C21H23N3O. The molecule has 1 saturated heterocycles. The number of carbonyl (C=O) groups excluding carboxylic acids is 1. The number of carbonyl (C=O) groups is 1. The quantitative estimate of drug-likeness (QED) is 0.935. The number of amides is 1. The Morgan fingerprint density at radius 1 is 1.08 bits per heavy atom. The van der Waals surface area contributed by atoms with Crippen molar-refractivity contribution in [1.82, 2.24) is 15.2 Å². The van der Waals surface area contributed by atoms with E-state index in [-0.39, 0.29) is 11.9 Å². The molecule has 3 atom stereocenters. The van der Waals surface area contributed by atoms with Crippen LogP contribution in [0.1, 0.15) is 46.3 Å². The first-order chi connectivity index (χ1) is 12.3. The van der Waals surface area contributed by atoms with Crippen LogP contribution in [0, 0.1) is 11.8 Å². The third kappa shape index (κ3) is 2.74. The molecule has 2 aromatic rings. The van der Waals surface area contributed by atoms with E-state index in [1.807, 2.05) is 0 Å². The zero-order chi connectivity index (χ0) is 16.8. The van der Waals surface area contributed by atoms with Crippen molar-refractivity contribution in [2.24, 2.45) is 11.8 Å². The van der Waals surface area contributed by atoms with E-state index in [1.165, 1.54) is 30.5 Å². The molecule has 2 heterocycles. The molecule has 2 fully saturated rings. The van der Waals surface area contributed by atoms with Gasteiger partial charge in [0.15, 0.2) is 0 Å². The van der Waals surface area contributed by atoms with Crippen molar-refractivity contribution in [3.63, 3.8) is 0 Å². The number of pyridine rings is 1. The lowest BCUT2D eigenvalue weighted by molar-refractivity contribution is 0.0924. The first-order valence-corrected chi connectivity index (χ1v) is 9.31. The molecule has 2 aliphatic carbocycles. The Hall–Kier alpha value is -2.20. The number of benzene rings is 1. The van der Waals surface area contributed by atoms with Crippen molar-refractivity contribution in [3.8, 4) is 0 Å². The van der Waals surface area contributed by atoms with E-state index in [4.69, 9.17) is 0 Å². The minimum atomic E-state index is 0.00324. The number of aromatic nitrogens is 1. The number of fused-ring (bicyclic) bond motifs is 3. The molecule has 0 unspecified atom stereocenters. The van der Waals surface area contributed by atoms with E-state index >= 15 is 0 Å². The van der Waals surface area contributed by atoms with Crippen LogP contribution in [0.15, 0.2) is 48.8 Å². The van der Waals surface area contributed by atoms with Gasteiger partial charge in [0.2, 0.25) is 0 Å². The van der Waals surface area contributed by atoms with Crippen LogP contribution in [-0.2, 0) is 0 Å². The fraction of sp³-hybridized carbons (Fsp3) is 0.429. The molecule has 4 nitrogen and oxygen atoms in total. The highest BCUT2D eigenvalue weighted by molar-refractivity contribution is 5.94. The van der Waals surface area contributed by atoms with Gasteiger partial charge in [-0.15, -0.1) is 0 Å². The lowest BCUT2D eigenvalue weighted by Gasteiger charge is -2.23. The molecule has 25 heavy (non-hydrogen) atoms. The predicted molar refractivity (Wildman–Crippen MR) is 96.3 cm³/mol.